The molecule has 1 aliphatic heterocycles. The number of aryl methyl sites for hydroxylation is 1. The van der Waals surface area contributed by atoms with Crippen molar-refractivity contribution in [1.29, 1.82) is 0 Å². The molecule has 178 valence electrons. The van der Waals surface area contributed by atoms with E-state index in [9.17, 15) is 17.6 Å². The first-order chi connectivity index (χ1) is 16.2. The lowest BCUT2D eigenvalue weighted by Crippen LogP contribution is -2.43. The zero-order valence-electron chi connectivity index (χ0n) is 17.9. The molecule has 0 fully saturated rings. The van der Waals surface area contributed by atoms with Crippen molar-refractivity contribution in [3.63, 3.8) is 0 Å². The molecule has 1 aliphatic rings. The van der Waals surface area contributed by atoms with Gasteiger partial charge in [0.25, 0.3) is 0 Å². The normalized spacial score (nSPS) is 15.9. The zero-order valence-corrected chi connectivity index (χ0v) is 19.4. The molecule has 0 radical (unpaired) electrons. The summed E-state index contributed by atoms with van der Waals surface area (Å²) in [5.74, 6) is 0.185. The first-order valence-electron chi connectivity index (χ1n) is 10.1. The maximum atomic E-state index is 14.8. The number of hydrogen-bond donors (Lipinski definition) is 2. The maximum Gasteiger partial charge on any atom is 0.432 e. The molecule has 1 atom stereocenters. The summed E-state index contributed by atoms with van der Waals surface area (Å²) in [7, 11) is -4.23. The van der Waals surface area contributed by atoms with Crippen LogP contribution in [0.2, 0.25) is 5.02 Å². The van der Waals surface area contributed by atoms with Gasteiger partial charge in [0.15, 0.2) is 6.23 Å². The van der Waals surface area contributed by atoms with Gasteiger partial charge in [-0.1, -0.05) is 17.7 Å². The minimum Gasteiger partial charge on any atom is -0.457 e. The van der Waals surface area contributed by atoms with E-state index in [0.29, 0.717) is 22.1 Å². The summed E-state index contributed by atoms with van der Waals surface area (Å²) in [6.45, 7) is 1.69. The Morgan fingerprint density at radius 2 is 1.71 bits per heavy atom. The van der Waals surface area contributed by atoms with E-state index in [1.165, 1.54) is 35.8 Å². The Labute approximate surface area is 200 Å². The second-order valence-electron chi connectivity index (χ2n) is 7.52. The quantitative estimate of drug-likeness (QED) is 0.375. The number of nitrogens with one attached hydrogen (secondary N) is 1. The van der Waals surface area contributed by atoms with Crippen molar-refractivity contribution in [2.45, 2.75) is 24.5 Å². The fourth-order valence-corrected chi connectivity index (χ4v) is 5.38. The van der Waals surface area contributed by atoms with E-state index in [1.807, 2.05) is 0 Å². The second kappa shape index (κ2) is 9.59. The van der Waals surface area contributed by atoms with Crippen LogP contribution in [-0.4, -0.2) is 30.6 Å². The van der Waals surface area contributed by atoms with Crippen molar-refractivity contribution >= 4 is 27.7 Å². The third-order valence-corrected chi connectivity index (χ3v) is 7.53. The van der Waals surface area contributed by atoms with E-state index in [2.05, 4.69) is 0 Å². The third-order valence-electron chi connectivity index (χ3n) is 5.42. The number of carbonyl (C=O) groups is 1. The van der Waals surface area contributed by atoms with Crippen molar-refractivity contribution in [1.82, 2.24) is 9.79 Å². The highest BCUT2D eigenvalue weighted by atomic mass is 35.5. The van der Waals surface area contributed by atoms with Gasteiger partial charge < -0.3 is 9.47 Å². The van der Waals surface area contributed by atoms with Crippen LogP contribution in [0, 0.1) is 12.7 Å². The summed E-state index contributed by atoms with van der Waals surface area (Å²) >= 11 is 5.86. The molecule has 8 nitrogen and oxygen atoms in total. The molecule has 1 unspecified atom stereocenters. The highest BCUT2D eigenvalue weighted by Gasteiger charge is 2.41. The van der Waals surface area contributed by atoms with E-state index in [1.54, 1.807) is 37.3 Å². The van der Waals surface area contributed by atoms with Crippen molar-refractivity contribution in [2.24, 2.45) is 0 Å². The molecule has 3 aromatic rings. The van der Waals surface area contributed by atoms with Crippen LogP contribution in [0.15, 0.2) is 65.6 Å². The minimum absolute atomic E-state index is 0.0635. The Morgan fingerprint density at radius 1 is 1.09 bits per heavy atom. The van der Waals surface area contributed by atoms with Gasteiger partial charge in [-0.25, -0.2) is 23.1 Å². The molecule has 4 rings (SSSR count). The Morgan fingerprint density at radius 3 is 2.32 bits per heavy atom. The van der Waals surface area contributed by atoms with Gasteiger partial charge in [0.1, 0.15) is 17.3 Å². The fourth-order valence-electron chi connectivity index (χ4n) is 3.77. The van der Waals surface area contributed by atoms with E-state index >= 15 is 0 Å². The molecule has 1 heterocycles. The van der Waals surface area contributed by atoms with Gasteiger partial charge in [0, 0.05) is 17.1 Å². The predicted octanol–water partition coefficient (Wildman–Crippen LogP) is 4.94. The fraction of sp³-hybridized carbons (Fsp3) is 0.174. The van der Waals surface area contributed by atoms with Crippen molar-refractivity contribution in [2.75, 3.05) is 6.54 Å². The Kier molecular flexibility index (Phi) is 6.76. The van der Waals surface area contributed by atoms with E-state index < -0.39 is 28.2 Å². The predicted molar refractivity (Wildman–Crippen MR) is 121 cm³/mol. The number of rotatable bonds is 5. The third kappa shape index (κ3) is 4.71. The minimum atomic E-state index is -4.23. The number of sulfonamides is 1. The van der Waals surface area contributed by atoms with Crippen LogP contribution in [0.4, 0.5) is 9.18 Å². The number of carbonyl (C=O) groups excluding carboxylic acids is 1. The molecule has 0 saturated heterocycles. The Hall–Kier alpha value is -3.18. The van der Waals surface area contributed by atoms with Gasteiger partial charge in [-0.15, -0.1) is 0 Å². The van der Waals surface area contributed by atoms with Gasteiger partial charge in [0.2, 0.25) is 10.0 Å². The second-order valence-corrected chi connectivity index (χ2v) is 9.85. The summed E-state index contributed by atoms with van der Waals surface area (Å²) in [5, 5.41) is 9.45. The van der Waals surface area contributed by atoms with Crippen molar-refractivity contribution in [3.05, 3.63) is 88.2 Å². The zero-order chi connectivity index (χ0) is 24.5. The monoisotopic (exact) mass is 506 g/mol. The number of hydroxylamine groups is 1. The molecule has 1 amide bonds. The number of amides is 1. The maximum absolute atomic E-state index is 14.8. The van der Waals surface area contributed by atoms with Gasteiger partial charge in [-0.05, 0) is 79.1 Å². The van der Waals surface area contributed by atoms with Crippen LogP contribution >= 0.6 is 11.6 Å². The lowest BCUT2D eigenvalue weighted by atomic mass is 9.94. The Bertz CT molecular complexity index is 1320. The summed E-state index contributed by atoms with van der Waals surface area (Å²) in [4.78, 5) is 11.7. The number of halogens is 2. The van der Waals surface area contributed by atoms with Crippen LogP contribution in [-0.2, 0) is 21.2 Å². The van der Waals surface area contributed by atoms with E-state index in [4.69, 9.17) is 26.3 Å². The van der Waals surface area contributed by atoms with Gasteiger partial charge in [-0.2, -0.15) is 4.31 Å². The largest absolute Gasteiger partial charge is 0.457 e. The highest BCUT2D eigenvalue weighted by molar-refractivity contribution is 7.89. The van der Waals surface area contributed by atoms with Crippen LogP contribution in [0.1, 0.15) is 22.9 Å². The van der Waals surface area contributed by atoms with Crippen molar-refractivity contribution in [3.8, 4) is 11.5 Å². The number of benzene rings is 3. The van der Waals surface area contributed by atoms with Crippen LogP contribution in [0.25, 0.3) is 0 Å². The molecule has 0 saturated carbocycles. The van der Waals surface area contributed by atoms with Gasteiger partial charge in [-0.3, -0.25) is 5.21 Å². The van der Waals surface area contributed by atoms with E-state index in [-0.39, 0.29) is 23.4 Å². The lowest BCUT2D eigenvalue weighted by Gasteiger charge is -2.36. The highest BCUT2D eigenvalue weighted by Crippen LogP contribution is 2.38. The number of hydrogen-bond acceptors (Lipinski definition) is 6. The van der Waals surface area contributed by atoms with E-state index in [0.717, 1.165) is 9.87 Å². The Balaban J connectivity index is 1.66. The van der Waals surface area contributed by atoms with Crippen LogP contribution in [0.3, 0.4) is 0 Å². The summed E-state index contributed by atoms with van der Waals surface area (Å²) < 4.78 is 53.4. The number of fused-ring (bicyclic) bond motifs is 1. The molecule has 0 spiro atoms. The summed E-state index contributed by atoms with van der Waals surface area (Å²) in [5.41, 5.74) is 2.51. The SMILES string of the molecule is Cc1ccc(F)c2c1CCN(S(=O)(=O)c1ccc(Oc3ccc(Cl)cc3)cc1)C2OC(=O)NO. The van der Waals surface area contributed by atoms with Gasteiger partial charge >= 0.3 is 6.09 Å². The average Bonchev–Trinajstić information content (AvgIpc) is 2.83. The number of ether oxygens (including phenoxy) is 2. The molecular weight excluding hydrogens is 487 g/mol. The summed E-state index contributed by atoms with van der Waals surface area (Å²) in [6.07, 6.45) is -2.70. The molecule has 11 heteroatoms. The average molecular weight is 507 g/mol. The molecular formula is C23H20ClFN2O6S. The molecule has 2 N–H and O–H groups in total. The first-order valence-corrected chi connectivity index (χ1v) is 12.0. The smallest absolute Gasteiger partial charge is 0.432 e. The lowest BCUT2D eigenvalue weighted by molar-refractivity contribution is 0.000335. The topological polar surface area (TPSA) is 105 Å². The molecule has 3 aromatic carbocycles. The molecule has 0 bridgehead atoms. The molecule has 34 heavy (non-hydrogen) atoms. The van der Waals surface area contributed by atoms with Crippen LogP contribution in [0.5, 0.6) is 11.5 Å². The van der Waals surface area contributed by atoms with Gasteiger partial charge in [0.05, 0.1) is 4.90 Å². The standard InChI is InChI=1S/C23H20ClFN2O6S/c1-14-2-11-20(25)21-19(14)12-13-27(22(21)33-23(28)26-29)34(30,31)18-9-7-17(8-10-18)32-16-5-3-15(24)4-6-16/h2-11,22,29H,12-13H2,1H3,(H,26,28). The first kappa shape index (κ1) is 24.0. The summed E-state index contributed by atoms with van der Waals surface area (Å²) in [6, 6.07) is 15.0. The van der Waals surface area contributed by atoms with Crippen LogP contribution < -0.4 is 10.2 Å². The molecule has 0 aromatic heterocycles. The molecule has 0 aliphatic carbocycles. The van der Waals surface area contributed by atoms with Crippen molar-refractivity contribution < 1.29 is 32.3 Å². The number of nitrogens with zero attached hydrogens (tertiary/aromatic N) is 1.